The molecule has 0 atom stereocenters. The van der Waals surface area contributed by atoms with Crippen molar-refractivity contribution in [3.8, 4) is 17.1 Å². The van der Waals surface area contributed by atoms with E-state index in [2.05, 4.69) is 24.7 Å². The minimum Gasteiger partial charge on any atom is -0.435 e. The first-order valence-electron chi connectivity index (χ1n) is 8.82. The number of nitrogens with one attached hydrogen (secondary N) is 1. The van der Waals surface area contributed by atoms with Gasteiger partial charge in [0.25, 0.3) is 0 Å². The molecule has 9 heteroatoms. The summed E-state index contributed by atoms with van der Waals surface area (Å²) in [7, 11) is 0. The molecule has 0 saturated heterocycles. The van der Waals surface area contributed by atoms with E-state index < -0.39 is 6.61 Å². The Morgan fingerprint density at radius 3 is 2.90 bits per heavy atom. The number of rotatable bonds is 5. The van der Waals surface area contributed by atoms with Crippen molar-refractivity contribution in [2.75, 3.05) is 0 Å². The molecule has 4 heterocycles. The van der Waals surface area contributed by atoms with Crippen LogP contribution >= 0.6 is 0 Å². The van der Waals surface area contributed by atoms with Crippen molar-refractivity contribution < 1.29 is 13.5 Å². The Morgan fingerprint density at radius 1 is 1.14 bits per heavy atom. The number of pyridine rings is 1. The summed E-state index contributed by atoms with van der Waals surface area (Å²) in [5.74, 6) is 0.0605. The summed E-state index contributed by atoms with van der Waals surface area (Å²) in [5.41, 5.74) is 4.16. The van der Waals surface area contributed by atoms with Crippen LogP contribution in [0.5, 0.6) is 5.75 Å². The minimum absolute atomic E-state index is 0.0605. The van der Waals surface area contributed by atoms with Crippen LogP contribution < -0.4 is 4.74 Å². The molecule has 0 aliphatic carbocycles. The SMILES string of the molecule is FC(F)Oc1ccc2c(c1)c(-c1cnc3[nH]ccc3n1)nn2Cc1cccnc1. The largest absolute Gasteiger partial charge is 0.435 e. The monoisotopic (exact) mass is 392 g/mol. The van der Waals surface area contributed by atoms with Gasteiger partial charge >= 0.3 is 6.61 Å². The molecule has 144 valence electrons. The van der Waals surface area contributed by atoms with Gasteiger partial charge in [-0.25, -0.2) is 9.97 Å². The highest BCUT2D eigenvalue weighted by atomic mass is 19.3. The number of benzene rings is 1. The average molecular weight is 392 g/mol. The van der Waals surface area contributed by atoms with Gasteiger partial charge in [-0.05, 0) is 35.9 Å². The number of alkyl halides is 2. The molecule has 0 aliphatic rings. The van der Waals surface area contributed by atoms with Gasteiger partial charge in [0.2, 0.25) is 0 Å². The Labute approximate surface area is 163 Å². The lowest BCUT2D eigenvalue weighted by atomic mass is 10.1. The molecular formula is C20H14F2N6O. The molecule has 0 bridgehead atoms. The van der Waals surface area contributed by atoms with Crippen LogP contribution in [-0.2, 0) is 6.54 Å². The number of ether oxygens (including phenoxy) is 1. The first-order valence-corrected chi connectivity index (χ1v) is 8.82. The molecule has 0 aliphatic heterocycles. The lowest BCUT2D eigenvalue weighted by molar-refractivity contribution is -0.0497. The topological polar surface area (TPSA) is 81.5 Å². The van der Waals surface area contributed by atoms with E-state index in [1.54, 1.807) is 41.6 Å². The summed E-state index contributed by atoms with van der Waals surface area (Å²) in [6.07, 6.45) is 6.82. The van der Waals surface area contributed by atoms with Crippen molar-refractivity contribution >= 4 is 22.1 Å². The first kappa shape index (κ1) is 17.2. The predicted octanol–water partition coefficient (Wildman–Crippen LogP) is 4.02. The number of fused-ring (bicyclic) bond motifs is 2. The zero-order valence-corrected chi connectivity index (χ0v) is 15.0. The number of nitrogens with zero attached hydrogens (tertiary/aromatic N) is 5. The lowest BCUT2D eigenvalue weighted by Crippen LogP contribution is -2.03. The van der Waals surface area contributed by atoms with Crippen LogP contribution in [0, 0.1) is 0 Å². The zero-order valence-electron chi connectivity index (χ0n) is 15.0. The summed E-state index contributed by atoms with van der Waals surface area (Å²) in [4.78, 5) is 16.1. The molecule has 0 unspecified atom stereocenters. The second-order valence-corrected chi connectivity index (χ2v) is 6.39. The van der Waals surface area contributed by atoms with E-state index in [1.165, 1.54) is 6.07 Å². The van der Waals surface area contributed by atoms with Crippen LogP contribution in [-0.4, -0.2) is 36.3 Å². The van der Waals surface area contributed by atoms with E-state index >= 15 is 0 Å². The van der Waals surface area contributed by atoms with Crippen molar-refractivity contribution in [2.45, 2.75) is 13.2 Å². The Hall–Kier alpha value is -3.88. The molecule has 0 saturated carbocycles. The van der Waals surface area contributed by atoms with Gasteiger partial charge in [0.15, 0.2) is 5.65 Å². The van der Waals surface area contributed by atoms with Crippen molar-refractivity contribution in [1.82, 2.24) is 29.7 Å². The van der Waals surface area contributed by atoms with Crippen LogP contribution in [0.25, 0.3) is 33.5 Å². The van der Waals surface area contributed by atoms with Crippen LogP contribution in [0.2, 0.25) is 0 Å². The fourth-order valence-electron chi connectivity index (χ4n) is 3.25. The lowest BCUT2D eigenvalue weighted by Gasteiger charge is -2.06. The molecule has 0 amide bonds. The zero-order chi connectivity index (χ0) is 19.8. The third-order valence-electron chi connectivity index (χ3n) is 4.51. The molecular weight excluding hydrogens is 378 g/mol. The highest BCUT2D eigenvalue weighted by Gasteiger charge is 2.17. The smallest absolute Gasteiger partial charge is 0.387 e. The molecule has 1 aromatic carbocycles. The van der Waals surface area contributed by atoms with Gasteiger partial charge in [-0.3, -0.25) is 9.67 Å². The molecule has 5 rings (SSSR count). The number of aromatic amines is 1. The van der Waals surface area contributed by atoms with E-state index in [-0.39, 0.29) is 5.75 Å². The van der Waals surface area contributed by atoms with E-state index in [0.29, 0.717) is 34.5 Å². The van der Waals surface area contributed by atoms with Gasteiger partial charge in [-0.1, -0.05) is 6.07 Å². The maximum Gasteiger partial charge on any atom is 0.387 e. The summed E-state index contributed by atoms with van der Waals surface area (Å²) in [5, 5.41) is 5.35. The van der Waals surface area contributed by atoms with Crippen molar-refractivity contribution in [1.29, 1.82) is 0 Å². The number of hydrogen-bond acceptors (Lipinski definition) is 5. The quantitative estimate of drug-likeness (QED) is 0.489. The molecule has 0 spiro atoms. The summed E-state index contributed by atoms with van der Waals surface area (Å²) in [6, 6.07) is 10.4. The Balaban J connectivity index is 1.67. The molecule has 1 N–H and O–H groups in total. The Kier molecular flexibility index (Phi) is 4.12. The molecule has 29 heavy (non-hydrogen) atoms. The second kappa shape index (κ2) is 6.93. The second-order valence-electron chi connectivity index (χ2n) is 6.39. The standard InChI is InChI=1S/C20H14F2N6O/c21-20(22)29-13-3-4-17-14(8-13)18(16-10-25-19-15(26-16)5-7-24-19)27-28(17)11-12-2-1-6-23-9-12/h1-10,20H,11H2,(H,24,25). The third kappa shape index (κ3) is 3.27. The van der Waals surface area contributed by atoms with Crippen LogP contribution in [0.15, 0.2) is 61.2 Å². The van der Waals surface area contributed by atoms with E-state index in [4.69, 9.17) is 5.10 Å². The number of H-pyrrole nitrogens is 1. The molecule has 4 aromatic heterocycles. The maximum atomic E-state index is 12.7. The summed E-state index contributed by atoms with van der Waals surface area (Å²) < 4.78 is 31.8. The highest BCUT2D eigenvalue weighted by Crippen LogP contribution is 2.31. The summed E-state index contributed by atoms with van der Waals surface area (Å²) >= 11 is 0. The van der Waals surface area contributed by atoms with Crippen LogP contribution in [0.3, 0.4) is 0 Å². The molecule has 7 nitrogen and oxygen atoms in total. The van der Waals surface area contributed by atoms with Crippen LogP contribution in [0.1, 0.15) is 5.56 Å². The highest BCUT2D eigenvalue weighted by molar-refractivity contribution is 5.94. The summed E-state index contributed by atoms with van der Waals surface area (Å²) in [6.45, 7) is -2.43. The Morgan fingerprint density at radius 2 is 2.07 bits per heavy atom. The molecule has 5 aromatic rings. The van der Waals surface area contributed by atoms with Gasteiger partial charge in [-0.2, -0.15) is 13.9 Å². The van der Waals surface area contributed by atoms with Gasteiger partial charge in [-0.15, -0.1) is 0 Å². The third-order valence-corrected chi connectivity index (χ3v) is 4.51. The maximum absolute atomic E-state index is 12.7. The van der Waals surface area contributed by atoms with Gasteiger partial charge in [0, 0.05) is 24.0 Å². The average Bonchev–Trinajstić information content (AvgIpc) is 3.32. The minimum atomic E-state index is -2.91. The van der Waals surface area contributed by atoms with Crippen LogP contribution in [0.4, 0.5) is 8.78 Å². The first-order chi connectivity index (χ1) is 14.2. The van der Waals surface area contributed by atoms with Gasteiger partial charge in [0.05, 0.1) is 18.3 Å². The predicted molar refractivity (Wildman–Crippen MR) is 103 cm³/mol. The van der Waals surface area contributed by atoms with E-state index in [9.17, 15) is 8.78 Å². The fourth-order valence-corrected chi connectivity index (χ4v) is 3.25. The molecule has 0 radical (unpaired) electrons. The van der Waals surface area contributed by atoms with Gasteiger partial charge < -0.3 is 9.72 Å². The van der Waals surface area contributed by atoms with E-state index in [0.717, 1.165) is 11.1 Å². The van der Waals surface area contributed by atoms with Gasteiger partial charge in [0.1, 0.15) is 22.7 Å². The Bertz CT molecular complexity index is 1300. The number of aromatic nitrogens is 6. The van der Waals surface area contributed by atoms with E-state index in [1.807, 2.05) is 18.2 Å². The van der Waals surface area contributed by atoms with Crippen molar-refractivity contribution in [3.63, 3.8) is 0 Å². The normalized spacial score (nSPS) is 11.6. The molecule has 0 fully saturated rings. The van der Waals surface area contributed by atoms with Crippen molar-refractivity contribution in [2.24, 2.45) is 0 Å². The fraction of sp³-hybridized carbons (Fsp3) is 0.100. The van der Waals surface area contributed by atoms with Crippen molar-refractivity contribution in [3.05, 3.63) is 66.7 Å². The number of halogens is 2. The number of hydrogen-bond donors (Lipinski definition) is 1.